The highest BCUT2D eigenvalue weighted by Gasteiger charge is 2.18. The average molecular weight is 380 g/mol. The van der Waals surface area contributed by atoms with Gasteiger partial charge < -0.3 is 15.0 Å². The molecular formula is C23H28N2O3. The Morgan fingerprint density at radius 2 is 1.79 bits per heavy atom. The van der Waals surface area contributed by atoms with E-state index in [9.17, 15) is 9.59 Å². The molecule has 1 aliphatic heterocycles. The van der Waals surface area contributed by atoms with E-state index >= 15 is 0 Å². The zero-order valence-electron chi connectivity index (χ0n) is 16.6. The molecule has 0 aliphatic carbocycles. The number of anilines is 1. The molecule has 5 heteroatoms. The molecule has 0 unspecified atom stereocenters. The van der Waals surface area contributed by atoms with Gasteiger partial charge in [-0.15, -0.1) is 0 Å². The highest BCUT2D eigenvalue weighted by atomic mass is 16.5. The van der Waals surface area contributed by atoms with Crippen molar-refractivity contribution in [1.29, 1.82) is 0 Å². The monoisotopic (exact) mass is 380 g/mol. The van der Waals surface area contributed by atoms with Crippen LogP contribution in [-0.2, 0) is 4.79 Å². The van der Waals surface area contributed by atoms with Crippen LogP contribution in [0.4, 0.5) is 5.69 Å². The van der Waals surface area contributed by atoms with Crippen molar-refractivity contribution in [3.63, 3.8) is 0 Å². The topological polar surface area (TPSA) is 58.6 Å². The number of carbonyl (C=O) groups excluding carboxylic acids is 2. The van der Waals surface area contributed by atoms with Gasteiger partial charge in [0.05, 0.1) is 0 Å². The van der Waals surface area contributed by atoms with Crippen LogP contribution in [0.2, 0.25) is 0 Å². The average Bonchev–Trinajstić information content (AvgIpc) is 2.72. The van der Waals surface area contributed by atoms with Crippen LogP contribution in [0.5, 0.6) is 5.75 Å². The first-order valence-electron chi connectivity index (χ1n) is 9.95. The number of rotatable bonds is 6. The van der Waals surface area contributed by atoms with Crippen molar-refractivity contribution in [3.8, 4) is 5.75 Å². The summed E-state index contributed by atoms with van der Waals surface area (Å²) in [5.74, 6) is 0.817. The molecule has 1 heterocycles. The van der Waals surface area contributed by atoms with E-state index in [1.807, 2.05) is 29.2 Å². The lowest BCUT2D eigenvalue weighted by Gasteiger charge is -2.26. The first-order chi connectivity index (χ1) is 13.5. The normalized spacial score (nSPS) is 14.0. The zero-order valence-corrected chi connectivity index (χ0v) is 16.6. The number of benzene rings is 2. The molecule has 1 N–H and O–H groups in total. The maximum atomic E-state index is 12.6. The van der Waals surface area contributed by atoms with Crippen LogP contribution in [-0.4, -0.2) is 36.4 Å². The molecule has 2 aromatic rings. The van der Waals surface area contributed by atoms with Crippen molar-refractivity contribution in [2.75, 3.05) is 25.0 Å². The fourth-order valence-corrected chi connectivity index (χ4v) is 3.44. The third-order valence-electron chi connectivity index (χ3n) is 4.94. The largest absolute Gasteiger partial charge is 0.483 e. The number of hydrogen-bond acceptors (Lipinski definition) is 3. The number of carbonyl (C=O) groups is 2. The molecule has 0 spiro atoms. The molecule has 0 atom stereocenters. The molecule has 1 aliphatic rings. The molecule has 2 aromatic carbocycles. The molecule has 2 amide bonds. The summed E-state index contributed by atoms with van der Waals surface area (Å²) in [6.07, 6.45) is 3.29. The molecule has 1 saturated heterocycles. The van der Waals surface area contributed by atoms with Gasteiger partial charge >= 0.3 is 0 Å². The van der Waals surface area contributed by atoms with E-state index in [1.54, 1.807) is 24.3 Å². The predicted molar refractivity (Wildman–Crippen MR) is 111 cm³/mol. The Kier molecular flexibility index (Phi) is 6.69. The number of amides is 2. The highest BCUT2D eigenvalue weighted by molar-refractivity contribution is 5.97. The van der Waals surface area contributed by atoms with Gasteiger partial charge in [-0.3, -0.25) is 9.59 Å². The lowest BCUT2D eigenvalue weighted by Crippen LogP contribution is -2.35. The minimum absolute atomic E-state index is 0.0258. The van der Waals surface area contributed by atoms with E-state index in [2.05, 4.69) is 19.2 Å². The van der Waals surface area contributed by atoms with Crippen molar-refractivity contribution >= 4 is 17.5 Å². The Bertz CT molecular complexity index is 826. The Labute approximate surface area is 166 Å². The second-order valence-electron chi connectivity index (χ2n) is 7.46. The summed E-state index contributed by atoms with van der Waals surface area (Å²) in [5, 5.41) is 2.82. The van der Waals surface area contributed by atoms with E-state index in [0.29, 0.717) is 17.2 Å². The van der Waals surface area contributed by atoms with Crippen LogP contribution in [0.15, 0.2) is 48.5 Å². The maximum absolute atomic E-state index is 12.6. The van der Waals surface area contributed by atoms with Crippen molar-refractivity contribution in [1.82, 2.24) is 4.90 Å². The van der Waals surface area contributed by atoms with Crippen LogP contribution in [0.25, 0.3) is 0 Å². The summed E-state index contributed by atoms with van der Waals surface area (Å²) >= 11 is 0. The van der Waals surface area contributed by atoms with Crippen molar-refractivity contribution in [2.24, 2.45) is 0 Å². The number of nitrogens with one attached hydrogen (secondary N) is 1. The second-order valence-corrected chi connectivity index (χ2v) is 7.46. The summed E-state index contributed by atoms with van der Waals surface area (Å²) in [4.78, 5) is 26.8. The molecule has 0 radical (unpaired) electrons. The summed E-state index contributed by atoms with van der Waals surface area (Å²) in [7, 11) is 0. The molecule has 3 rings (SSSR count). The Morgan fingerprint density at radius 3 is 2.54 bits per heavy atom. The number of nitrogens with zero attached hydrogens (tertiary/aromatic N) is 1. The van der Waals surface area contributed by atoms with Crippen molar-refractivity contribution < 1.29 is 14.3 Å². The Balaban J connectivity index is 1.59. The van der Waals surface area contributed by atoms with Gasteiger partial charge in [0.25, 0.3) is 11.8 Å². The highest BCUT2D eigenvalue weighted by Crippen LogP contribution is 2.25. The van der Waals surface area contributed by atoms with Gasteiger partial charge in [-0.25, -0.2) is 0 Å². The van der Waals surface area contributed by atoms with E-state index in [4.69, 9.17) is 4.74 Å². The number of piperidine rings is 1. The quantitative estimate of drug-likeness (QED) is 0.805. The first kappa shape index (κ1) is 19.9. The summed E-state index contributed by atoms with van der Waals surface area (Å²) in [6.45, 7) is 5.71. The molecule has 0 bridgehead atoms. The molecule has 28 heavy (non-hydrogen) atoms. The van der Waals surface area contributed by atoms with Crippen LogP contribution >= 0.6 is 0 Å². The van der Waals surface area contributed by atoms with Crippen LogP contribution in [0, 0.1) is 0 Å². The number of para-hydroxylation sites is 1. The minimum Gasteiger partial charge on any atom is -0.483 e. The first-order valence-corrected chi connectivity index (χ1v) is 9.95. The molecule has 0 aromatic heterocycles. The number of likely N-dealkylation sites (tertiary alicyclic amines) is 1. The van der Waals surface area contributed by atoms with E-state index in [1.165, 1.54) is 6.42 Å². The van der Waals surface area contributed by atoms with E-state index in [0.717, 1.165) is 37.2 Å². The van der Waals surface area contributed by atoms with Crippen LogP contribution in [0.3, 0.4) is 0 Å². The van der Waals surface area contributed by atoms with Crippen molar-refractivity contribution in [2.45, 2.75) is 39.0 Å². The molecule has 0 saturated carbocycles. The standard InChI is InChI=1S/C23H28N2O3/c1-17(2)20-11-4-5-12-21(20)28-16-22(26)24-19-10-8-9-18(15-19)23(27)25-13-6-3-7-14-25/h4-5,8-12,15,17H,3,6-7,13-14,16H2,1-2H3,(H,24,26). The second kappa shape index (κ2) is 9.40. The molecule has 148 valence electrons. The lowest BCUT2D eigenvalue weighted by atomic mass is 10.0. The summed E-state index contributed by atoms with van der Waals surface area (Å²) < 4.78 is 5.72. The van der Waals surface area contributed by atoms with Gasteiger partial charge in [-0.05, 0) is 55.0 Å². The maximum Gasteiger partial charge on any atom is 0.262 e. The van der Waals surface area contributed by atoms with E-state index < -0.39 is 0 Å². The zero-order chi connectivity index (χ0) is 19.9. The third kappa shape index (κ3) is 5.12. The molecule has 5 nitrogen and oxygen atoms in total. The SMILES string of the molecule is CC(C)c1ccccc1OCC(=O)Nc1cccc(C(=O)N2CCCCC2)c1. The fourth-order valence-electron chi connectivity index (χ4n) is 3.44. The smallest absolute Gasteiger partial charge is 0.262 e. The lowest BCUT2D eigenvalue weighted by molar-refractivity contribution is -0.118. The molecule has 1 fully saturated rings. The fraction of sp³-hybridized carbons (Fsp3) is 0.391. The minimum atomic E-state index is -0.249. The summed E-state index contributed by atoms with van der Waals surface area (Å²) in [5.41, 5.74) is 2.28. The van der Waals surface area contributed by atoms with Gasteiger partial charge in [-0.1, -0.05) is 38.1 Å². The van der Waals surface area contributed by atoms with Crippen molar-refractivity contribution in [3.05, 3.63) is 59.7 Å². The number of hydrogen-bond donors (Lipinski definition) is 1. The van der Waals surface area contributed by atoms with Gasteiger partial charge in [0, 0.05) is 24.3 Å². The molecular weight excluding hydrogens is 352 g/mol. The van der Waals surface area contributed by atoms with Crippen LogP contribution < -0.4 is 10.1 Å². The third-order valence-corrected chi connectivity index (χ3v) is 4.94. The Morgan fingerprint density at radius 1 is 1.04 bits per heavy atom. The predicted octanol–water partition coefficient (Wildman–Crippen LogP) is 4.45. The van der Waals surface area contributed by atoms with Gasteiger partial charge in [0.15, 0.2) is 6.61 Å². The summed E-state index contributed by atoms with van der Waals surface area (Å²) in [6, 6.07) is 14.9. The van der Waals surface area contributed by atoms with Gasteiger partial charge in [-0.2, -0.15) is 0 Å². The van der Waals surface area contributed by atoms with E-state index in [-0.39, 0.29) is 18.4 Å². The van der Waals surface area contributed by atoms with Gasteiger partial charge in [0.2, 0.25) is 0 Å². The van der Waals surface area contributed by atoms with Crippen LogP contribution in [0.1, 0.15) is 54.9 Å². The Hall–Kier alpha value is -2.82. The van der Waals surface area contributed by atoms with Gasteiger partial charge in [0.1, 0.15) is 5.75 Å². The number of ether oxygens (including phenoxy) is 1.